The van der Waals surface area contributed by atoms with Gasteiger partial charge in [0.1, 0.15) is 5.82 Å². The predicted molar refractivity (Wildman–Crippen MR) is 71.7 cm³/mol. The first-order valence-electron chi connectivity index (χ1n) is 4.92. The molecule has 2 aromatic carbocycles. The minimum Gasteiger partial charge on any atom is -0.207 e. The van der Waals surface area contributed by atoms with Crippen molar-refractivity contribution >= 4 is 35.0 Å². The van der Waals surface area contributed by atoms with E-state index in [1.54, 1.807) is 24.3 Å². The van der Waals surface area contributed by atoms with Gasteiger partial charge in [0.25, 0.3) is 0 Å². The highest BCUT2D eigenvalue weighted by atomic mass is 35.5. The fraction of sp³-hybridized carbons (Fsp3) is 0. The number of rotatable bonds is 2. The quantitative estimate of drug-likeness (QED) is 0.765. The number of benzene rings is 2. The van der Waals surface area contributed by atoms with Crippen LogP contribution in [-0.2, 0) is 0 Å². The normalized spacial score (nSPS) is 10.1. The van der Waals surface area contributed by atoms with Crippen molar-refractivity contribution in [1.82, 2.24) is 0 Å². The van der Waals surface area contributed by atoms with Gasteiger partial charge >= 0.3 is 0 Å². The second-order valence-corrected chi connectivity index (χ2v) is 5.42. The molecule has 0 saturated carbocycles. The van der Waals surface area contributed by atoms with Gasteiger partial charge in [-0.2, -0.15) is 5.26 Å². The molecule has 0 heterocycles. The average Bonchev–Trinajstić information content (AvgIpc) is 2.33. The molecule has 1 nitrogen and oxygen atoms in total. The Morgan fingerprint density at radius 3 is 2.61 bits per heavy atom. The lowest BCUT2D eigenvalue weighted by atomic mass is 10.2. The van der Waals surface area contributed by atoms with Crippen LogP contribution in [0.4, 0.5) is 4.39 Å². The van der Waals surface area contributed by atoms with Crippen LogP contribution in [0, 0.1) is 17.1 Å². The molecule has 0 aromatic heterocycles. The van der Waals surface area contributed by atoms with E-state index >= 15 is 0 Å². The van der Waals surface area contributed by atoms with Crippen LogP contribution in [-0.4, -0.2) is 0 Å². The standard InChI is InChI=1S/C13H6Cl2FNS/c14-9-1-2-12(15)13(5-9)18-11-4-8(7-17)3-10(16)6-11/h1-6H. The van der Waals surface area contributed by atoms with E-state index in [9.17, 15) is 4.39 Å². The minimum absolute atomic E-state index is 0.274. The Balaban J connectivity index is 2.37. The fourth-order valence-electron chi connectivity index (χ4n) is 1.37. The molecule has 18 heavy (non-hydrogen) atoms. The zero-order valence-corrected chi connectivity index (χ0v) is 11.3. The summed E-state index contributed by atoms with van der Waals surface area (Å²) in [5, 5.41) is 9.87. The molecule has 2 aromatic rings. The lowest BCUT2D eigenvalue weighted by molar-refractivity contribution is 0.623. The van der Waals surface area contributed by atoms with Crippen LogP contribution < -0.4 is 0 Å². The second kappa shape index (κ2) is 5.62. The molecule has 0 spiro atoms. The molecule has 0 aliphatic heterocycles. The first kappa shape index (κ1) is 13.2. The van der Waals surface area contributed by atoms with E-state index in [0.717, 1.165) is 4.90 Å². The third kappa shape index (κ3) is 3.17. The molecule has 90 valence electrons. The van der Waals surface area contributed by atoms with Crippen molar-refractivity contribution in [2.45, 2.75) is 9.79 Å². The molecule has 0 unspecified atom stereocenters. The van der Waals surface area contributed by atoms with Gasteiger partial charge in [-0.05, 0) is 36.4 Å². The summed E-state index contributed by atoms with van der Waals surface area (Å²) in [4.78, 5) is 1.33. The number of hydrogen-bond acceptors (Lipinski definition) is 2. The number of nitriles is 1. The van der Waals surface area contributed by atoms with Gasteiger partial charge in [-0.15, -0.1) is 0 Å². The van der Waals surface area contributed by atoms with Crippen LogP contribution in [0.15, 0.2) is 46.2 Å². The smallest absolute Gasteiger partial charge is 0.125 e. The third-order valence-electron chi connectivity index (χ3n) is 2.12. The van der Waals surface area contributed by atoms with E-state index in [-0.39, 0.29) is 5.56 Å². The zero-order chi connectivity index (χ0) is 13.1. The topological polar surface area (TPSA) is 23.8 Å². The van der Waals surface area contributed by atoms with Crippen molar-refractivity contribution in [3.63, 3.8) is 0 Å². The maximum Gasteiger partial charge on any atom is 0.125 e. The number of nitrogens with zero attached hydrogens (tertiary/aromatic N) is 1. The number of halogens is 3. The predicted octanol–water partition coefficient (Wildman–Crippen LogP) is 5.16. The Hall–Kier alpha value is -1.21. The first-order valence-corrected chi connectivity index (χ1v) is 6.49. The van der Waals surface area contributed by atoms with Crippen molar-refractivity contribution < 1.29 is 4.39 Å². The molecule has 0 radical (unpaired) electrons. The van der Waals surface area contributed by atoms with Crippen LogP contribution in [0.1, 0.15) is 5.56 Å². The molecule has 5 heteroatoms. The van der Waals surface area contributed by atoms with Gasteiger partial charge in [0.05, 0.1) is 16.7 Å². The summed E-state index contributed by atoms with van der Waals surface area (Å²) in [6, 6.07) is 11.1. The van der Waals surface area contributed by atoms with Crippen molar-refractivity contribution in [3.05, 3.63) is 57.8 Å². The van der Waals surface area contributed by atoms with Crippen LogP contribution >= 0.6 is 35.0 Å². The highest BCUT2D eigenvalue weighted by Crippen LogP contribution is 2.35. The second-order valence-electron chi connectivity index (χ2n) is 3.46. The average molecular weight is 298 g/mol. The molecule has 0 atom stereocenters. The van der Waals surface area contributed by atoms with E-state index in [4.69, 9.17) is 28.5 Å². The van der Waals surface area contributed by atoms with E-state index in [1.807, 2.05) is 6.07 Å². The summed E-state index contributed by atoms with van der Waals surface area (Å²) in [6.07, 6.45) is 0. The van der Waals surface area contributed by atoms with Gasteiger partial charge in [-0.3, -0.25) is 0 Å². The minimum atomic E-state index is -0.449. The number of hydrogen-bond donors (Lipinski definition) is 0. The van der Waals surface area contributed by atoms with Crippen LogP contribution in [0.5, 0.6) is 0 Å². The Morgan fingerprint density at radius 1 is 1.11 bits per heavy atom. The molecule has 0 aliphatic rings. The zero-order valence-electron chi connectivity index (χ0n) is 8.95. The lowest BCUT2D eigenvalue weighted by Gasteiger charge is -2.05. The summed E-state index contributed by atoms with van der Waals surface area (Å²) in [5.41, 5.74) is 0.274. The van der Waals surface area contributed by atoms with Crippen molar-refractivity contribution in [1.29, 1.82) is 5.26 Å². The Morgan fingerprint density at radius 2 is 1.89 bits per heavy atom. The van der Waals surface area contributed by atoms with Gasteiger partial charge in [0.15, 0.2) is 0 Å². The lowest BCUT2D eigenvalue weighted by Crippen LogP contribution is -1.82. The Labute approximate surface area is 118 Å². The van der Waals surface area contributed by atoms with Gasteiger partial charge in [-0.25, -0.2) is 4.39 Å². The maximum atomic E-state index is 13.3. The van der Waals surface area contributed by atoms with Gasteiger partial charge in [0, 0.05) is 14.8 Å². The van der Waals surface area contributed by atoms with Crippen molar-refractivity contribution in [3.8, 4) is 6.07 Å². The van der Waals surface area contributed by atoms with Crippen molar-refractivity contribution in [2.24, 2.45) is 0 Å². The molecule has 0 N–H and O–H groups in total. The summed E-state index contributed by atoms with van der Waals surface area (Å²) in [7, 11) is 0. The van der Waals surface area contributed by atoms with Crippen LogP contribution in [0.25, 0.3) is 0 Å². The molecule has 0 aliphatic carbocycles. The SMILES string of the molecule is N#Cc1cc(F)cc(Sc2cc(Cl)ccc2Cl)c1. The molecule has 0 bridgehead atoms. The highest BCUT2D eigenvalue weighted by Gasteiger charge is 2.06. The molecule has 0 amide bonds. The molecule has 2 rings (SSSR count). The van der Waals surface area contributed by atoms with Gasteiger partial charge in [-0.1, -0.05) is 35.0 Å². The van der Waals surface area contributed by atoms with E-state index in [1.165, 1.54) is 23.9 Å². The molecule has 0 saturated heterocycles. The molecular formula is C13H6Cl2FNS. The molecule has 0 fully saturated rings. The fourth-order valence-corrected chi connectivity index (χ4v) is 2.80. The largest absolute Gasteiger partial charge is 0.207 e. The van der Waals surface area contributed by atoms with E-state index in [0.29, 0.717) is 14.9 Å². The van der Waals surface area contributed by atoms with E-state index in [2.05, 4.69) is 0 Å². The third-order valence-corrected chi connectivity index (χ3v) is 3.83. The van der Waals surface area contributed by atoms with Crippen LogP contribution in [0.2, 0.25) is 10.0 Å². The monoisotopic (exact) mass is 297 g/mol. The molecular weight excluding hydrogens is 292 g/mol. The Kier molecular flexibility index (Phi) is 4.13. The first-order chi connectivity index (χ1) is 8.58. The van der Waals surface area contributed by atoms with Gasteiger partial charge < -0.3 is 0 Å². The summed E-state index contributed by atoms with van der Waals surface area (Å²) < 4.78 is 13.3. The summed E-state index contributed by atoms with van der Waals surface area (Å²) >= 11 is 13.2. The summed E-state index contributed by atoms with van der Waals surface area (Å²) in [5.74, 6) is -0.449. The van der Waals surface area contributed by atoms with Gasteiger partial charge in [0.2, 0.25) is 0 Å². The Bertz CT molecular complexity index is 637. The highest BCUT2D eigenvalue weighted by molar-refractivity contribution is 7.99. The van der Waals surface area contributed by atoms with Crippen LogP contribution in [0.3, 0.4) is 0 Å². The van der Waals surface area contributed by atoms with E-state index < -0.39 is 5.82 Å². The summed E-state index contributed by atoms with van der Waals surface area (Å²) in [6.45, 7) is 0. The van der Waals surface area contributed by atoms with Crippen molar-refractivity contribution in [2.75, 3.05) is 0 Å². The maximum absolute atomic E-state index is 13.3.